The highest BCUT2D eigenvalue weighted by atomic mass is 79.9. The Morgan fingerprint density at radius 3 is 2.42 bits per heavy atom. The second kappa shape index (κ2) is 10.6. The lowest BCUT2D eigenvalue weighted by atomic mass is 9.91. The van der Waals surface area contributed by atoms with Gasteiger partial charge in [0.15, 0.2) is 0 Å². The van der Waals surface area contributed by atoms with Crippen LogP contribution in [0.15, 0.2) is 93.2 Å². The highest BCUT2D eigenvalue weighted by molar-refractivity contribution is 9.10. The Morgan fingerprint density at radius 2 is 1.68 bits per heavy atom. The molecule has 3 aromatic carbocycles. The van der Waals surface area contributed by atoms with E-state index >= 15 is 0 Å². The van der Waals surface area contributed by atoms with Gasteiger partial charge in [-0.1, -0.05) is 76.6 Å². The molecule has 3 heterocycles. The lowest BCUT2D eigenvalue weighted by Crippen LogP contribution is -2.43. The van der Waals surface area contributed by atoms with Gasteiger partial charge in [-0.3, -0.25) is 14.5 Å². The maximum atomic E-state index is 13.7. The number of hydrogen-bond acceptors (Lipinski definition) is 5. The van der Waals surface area contributed by atoms with Crippen molar-refractivity contribution in [2.75, 3.05) is 32.8 Å². The number of amides is 1. The van der Waals surface area contributed by atoms with Crippen LogP contribution in [0.4, 0.5) is 0 Å². The van der Waals surface area contributed by atoms with Gasteiger partial charge in [0, 0.05) is 40.4 Å². The number of pyridine rings is 1. The fourth-order valence-corrected chi connectivity index (χ4v) is 5.66. The minimum atomic E-state index is -0.291. The third kappa shape index (κ3) is 4.82. The Morgan fingerprint density at radius 1 is 0.974 bits per heavy atom. The molecule has 2 aliphatic heterocycles. The van der Waals surface area contributed by atoms with Gasteiger partial charge in [0.05, 0.1) is 37.1 Å². The topological polar surface area (TPSA) is 78.0 Å². The Hall–Kier alpha value is -3.59. The Labute approximate surface area is 228 Å². The number of morpholine rings is 1. The number of hydrogen-bond donors (Lipinski definition) is 1. The van der Waals surface area contributed by atoms with E-state index in [2.05, 4.69) is 25.8 Å². The second-order valence-electron chi connectivity index (χ2n) is 9.56. The third-order valence-corrected chi connectivity index (χ3v) is 7.63. The Balaban J connectivity index is 1.49. The molecule has 2 aliphatic rings. The number of ether oxygens (including phenoxy) is 1. The number of carbonyl (C=O) groups is 1. The maximum absolute atomic E-state index is 13.7. The number of fused-ring (bicyclic) bond motifs is 1. The lowest BCUT2D eigenvalue weighted by molar-refractivity contribution is -0.135. The molecule has 192 valence electrons. The van der Waals surface area contributed by atoms with Crippen molar-refractivity contribution in [2.24, 2.45) is 5.10 Å². The smallest absolute Gasteiger partial charge is 0.258 e. The van der Waals surface area contributed by atoms with Crippen LogP contribution >= 0.6 is 15.9 Å². The average molecular weight is 571 g/mol. The van der Waals surface area contributed by atoms with Gasteiger partial charge in [-0.15, -0.1) is 0 Å². The SMILES string of the molecule is O=C(CN1CCOCC1)N1N=C(c2c(-c3ccccc3)c3cc(Br)ccc3[nH]c2=O)CC1c1ccccc1. The van der Waals surface area contributed by atoms with Crippen molar-refractivity contribution < 1.29 is 9.53 Å². The summed E-state index contributed by atoms with van der Waals surface area (Å²) in [6, 6.07) is 25.3. The molecule has 0 aliphatic carbocycles. The van der Waals surface area contributed by atoms with Crippen LogP contribution in [0.1, 0.15) is 23.6 Å². The summed E-state index contributed by atoms with van der Waals surface area (Å²) in [6.07, 6.45) is 0.446. The number of nitrogens with zero attached hydrogens (tertiary/aromatic N) is 3. The molecule has 8 heteroatoms. The highest BCUT2D eigenvalue weighted by Gasteiger charge is 2.36. The number of aromatic nitrogens is 1. The van der Waals surface area contributed by atoms with E-state index in [9.17, 15) is 9.59 Å². The van der Waals surface area contributed by atoms with Crippen molar-refractivity contribution in [3.63, 3.8) is 0 Å². The molecule has 0 radical (unpaired) electrons. The molecule has 1 saturated heterocycles. The first kappa shape index (κ1) is 24.7. The molecule has 1 aromatic heterocycles. The van der Waals surface area contributed by atoms with E-state index in [0.29, 0.717) is 44.0 Å². The first-order chi connectivity index (χ1) is 18.6. The minimum absolute atomic E-state index is 0.0861. The van der Waals surface area contributed by atoms with Crippen LogP contribution in [0.2, 0.25) is 0 Å². The number of aromatic amines is 1. The van der Waals surface area contributed by atoms with Crippen LogP contribution in [-0.4, -0.2) is 59.4 Å². The number of hydrazone groups is 1. The van der Waals surface area contributed by atoms with Crippen LogP contribution in [0.5, 0.6) is 0 Å². The molecule has 7 nitrogen and oxygen atoms in total. The average Bonchev–Trinajstić information content (AvgIpc) is 3.39. The van der Waals surface area contributed by atoms with E-state index in [1.807, 2.05) is 78.9 Å². The monoisotopic (exact) mass is 570 g/mol. The number of H-pyrrole nitrogens is 1. The van der Waals surface area contributed by atoms with E-state index in [1.54, 1.807) is 5.01 Å². The van der Waals surface area contributed by atoms with Gasteiger partial charge in [0.25, 0.3) is 11.5 Å². The molecule has 0 spiro atoms. The molecular weight excluding hydrogens is 544 g/mol. The molecule has 0 bridgehead atoms. The zero-order valence-corrected chi connectivity index (χ0v) is 22.4. The summed E-state index contributed by atoms with van der Waals surface area (Å²) < 4.78 is 6.36. The molecule has 1 fully saturated rings. The van der Waals surface area contributed by atoms with Gasteiger partial charge < -0.3 is 9.72 Å². The largest absolute Gasteiger partial charge is 0.379 e. The lowest BCUT2D eigenvalue weighted by Gasteiger charge is -2.29. The molecular formula is C30H27BrN4O3. The first-order valence-corrected chi connectivity index (χ1v) is 13.5. The van der Waals surface area contributed by atoms with E-state index < -0.39 is 0 Å². The number of nitrogens with one attached hydrogen (secondary N) is 1. The van der Waals surface area contributed by atoms with Crippen molar-refractivity contribution in [3.8, 4) is 11.1 Å². The molecule has 0 saturated carbocycles. The minimum Gasteiger partial charge on any atom is -0.379 e. The maximum Gasteiger partial charge on any atom is 0.258 e. The van der Waals surface area contributed by atoms with Gasteiger partial charge in [-0.25, -0.2) is 5.01 Å². The summed E-state index contributed by atoms with van der Waals surface area (Å²) in [6.45, 7) is 2.92. The highest BCUT2D eigenvalue weighted by Crippen LogP contribution is 2.37. The van der Waals surface area contributed by atoms with Crippen molar-refractivity contribution in [3.05, 3.63) is 105 Å². The predicted molar refractivity (Wildman–Crippen MR) is 152 cm³/mol. The summed E-state index contributed by atoms with van der Waals surface area (Å²) in [5.41, 5.74) is 4.38. The fourth-order valence-electron chi connectivity index (χ4n) is 5.29. The zero-order valence-electron chi connectivity index (χ0n) is 20.8. The van der Waals surface area contributed by atoms with Crippen molar-refractivity contribution in [1.82, 2.24) is 14.9 Å². The van der Waals surface area contributed by atoms with Gasteiger partial charge in [0.1, 0.15) is 0 Å². The Kier molecular flexibility index (Phi) is 6.93. The molecule has 38 heavy (non-hydrogen) atoms. The standard InChI is InChI=1S/C30H27BrN4O3/c31-22-11-12-24-23(17-22)28(21-9-5-2-6-10-21)29(30(37)32-24)25-18-26(20-7-3-1-4-8-20)35(33-25)27(36)19-34-13-15-38-16-14-34/h1-12,17,26H,13-16,18-19H2,(H,32,37). The number of carbonyl (C=O) groups excluding carboxylic acids is 1. The van der Waals surface area contributed by atoms with E-state index in [4.69, 9.17) is 9.84 Å². The van der Waals surface area contributed by atoms with Crippen LogP contribution in [0.25, 0.3) is 22.0 Å². The van der Waals surface area contributed by atoms with Crippen molar-refractivity contribution in [2.45, 2.75) is 12.5 Å². The van der Waals surface area contributed by atoms with Crippen molar-refractivity contribution >= 4 is 38.5 Å². The van der Waals surface area contributed by atoms with Crippen LogP contribution < -0.4 is 5.56 Å². The third-order valence-electron chi connectivity index (χ3n) is 7.14. The van der Waals surface area contributed by atoms with Gasteiger partial charge in [-0.05, 0) is 29.3 Å². The second-order valence-corrected chi connectivity index (χ2v) is 10.5. The molecule has 1 atom stereocenters. The number of benzene rings is 3. The van der Waals surface area contributed by atoms with Crippen LogP contribution in [-0.2, 0) is 9.53 Å². The first-order valence-electron chi connectivity index (χ1n) is 12.7. The molecule has 4 aromatic rings. The van der Waals surface area contributed by atoms with Crippen LogP contribution in [0.3, 0.4) is 0 Å². The fraction of sp³-hybridized carbons (Fsp3) is 0.233. The molecule has 1 unspecified atom stereocenters. The summed E-state index contributed by atoms with van der Waals surface area (Å²) in [5.74, 6) is -0.0861. The quantitative estimate of drug-likeness (QED) is 0.367. The molecule has 1 amide bonds. The summed E-state index contributed by atoms with van der Waals surface area (Å²) in [4.78, 5) is 32.4. The summed E-state index contributed by atoms with van der Waals surface area (Å²) in [5, 5.41) is 7.37. The van der Waals surface area contributed by atoms with E-state index in [1.165, 1.54) is 0 Å². The van der Waals surface area contributed by atoms with Gasteiger partial charge in [-0.2, -0.15) is 5.10 Å². The normalized spacial score (nSPS) is 18.1. The van der Waals surface area contributed by atoms with Crippen LogP contribution in [0, 0.1) is 0 Å². The summed E-state index contributed by atoms with van der Waals surface area (Å²) in [7, 11) is 0. The molecule has 6 rings (SSSR count). The number of halogens is 1. The zero-order chi connectivity index (χ0) is 26.1. The van der Waals surface area contributed by atoms with Crippen molar-refractivity contribution in [1.29, 1.82) is 0 Å². The van der Waals surface area contributed by atoms with Gasteiger partial charge >= 0.3 is 0 Å². The summed E-state index contributed by atoms with van der Waals surface area (Å²) >= 11 is 3.59. The van der Waals surface area contributed by atoms with E-state index in [0.717, 1.165) is 32.1 Å². The predicted octanol–water partition coefficient (Wildman–Crippen LogP) is 4.97. The van der Waals surface area contributed by atoms with E-state index in [-0.39, 0.29) is 24.1 Å². The molecule has 1 N–H and O–H groups in total. The van der Waals surface area contributed by atoms with Gasteiger partial charge in [0.2, 0.25) is 0 Å². The Bertz CT molecular complexity index is 1560. The number of rotatable bonds is 5.